The number of amides is 1. The van der Waals surface area contributed by atoms with Gasteiger partial charge < -0.3 is 10.2 Å². The van der Waals surface area contributed by atoms with Crippen LogP contribution in [0.1, 0.15) is 48.8 Å². The SMILES string of the molecule is Cc1ccc(CNC(=O)[C@@]23CCCN(CC4CC4)[C@H]2CN(C)CC3)cc1C. The molecule has 1 aliphatic carbocycles. The number of fused-ring (bicyclic) bond motifs is 1. The summed E-state index contributed by atoms with van der Waals surface area (Å²) in [6, 6.07) is 6.89. The molecule has 0 bridgehead atoms. The van der Waals surface area contributed by atoms with Crippen LogP contribution in [-0.4, -0.2) is 55.0 Å². The Labute approximate surface area is 164 Å². The number of rotatable bonds is 5. The van der Waals surface area contributed by atoms with Crippen molar-refractivity contribution < 1.29 is 4.79 Å². The Kier molecular flexibility index (Phi) is 5.30. The van der Waals surface area contributed by atoms with Crippen LogP contribution in [0.15, 0.2) is 18.2 Å². The molecule has 3 fully saturated rings. The van der Waals surface area contributed by atoms with Crippen LogP contribution in [-0.2, 0) is 11.3 Å². The van der Waals surface area contributed by atoms with Gasteiger partial charge in [-0.25, -0.2) is 0 Å². The summed E-state index contributed by atoms with van der Waals surface area (Å²) in [5, 5.41) is 3.33. The summed E-state index contributed by atoms with van der Waals surface area (Å²) >= 11 is 0. The lowest BCUT2D eigenvalue weighted by Crippen LogP contribution is -2.65. The molecule has 2 atom stereocenters. The lowest BCUT2D eigenvalue weighted by atomic mass is 9.67. The van der Waals surface area contributed by atoms with Gasteiger partial charge in [0.2, 0.25) is 5.91 Å². The molecule has 1 amide bonds. The summed E-state index contributed by atoms with van der Waals surface area (Å²) in [5.74, 6) is 1.17. The third kappa shape index (κ3) is 3.93. The van der Waals surface area contributed by atoms with Crippen LogP contribution in [0, 0.1) is 25.2 Å². The van der Waals surface area contributed by atoms with E-state index in [0.717, 1.165) is 38.3 Å². The van der Waals surface area contributed by atoms with Crippen LogP contribution in [0.4, 0.5) is 0 Å². The number of nitrogens with one attached hydrogen (secondary N) is 1. The third-order valence-electron chi connectivity index (χ3n) is 7.24. The number of carbonyl (C=O) groups excluding carboxylic acids is 1. The highest BCUT2D eigenvalue weighted by molar-refractivity contribution is 5.84. The topological polar surface area (TPSA) is 35.6 Å². The summed E-state index contributed by atoms with van der Waals surface area (Å²) < 4.78 is 0. The molecule has 3 aliphatic rings. The number of carbonyl (C=O) groups is 1. The predicted octanol–water partition coefficient (Wildman–Crippen LogP) is 3.12. The lowest BCUT2D eigenvalue weighted by molar-refractivity contribution is -0.144. The van der Waals surface area contributed by atoms with Crippen LogP contribution in [0.25, 0.3) is 0 Å². The van der Waals surface area contributed by atoms with Crippen molar-refractivity contribution in [2.24, 2.45) is 11.3 Å². The smallest absolute Gasteiger partial charge is 0.228 e. The van der Waals surface area contributed by atoms with Crippen molar-refractivity contribution in [1.29, 1.82) is 0 Å². The molecule has 2 saturated heterocycles. The molecule has 27 heavy (non-hydrogen) atoms. The summed E-state index contributed by atoms with van der Waals surface area (Å²) in [6.45, 7) is 9.35. The van der Waals surface area contributed by atoms with E-state index in [4.69, 9.17) is 0 Å². The molecule has 0 spiro atoms. The number of hydrogen-bond donors (Lipinski definition) is 1. The highest BCUT2D eigenvalue weighted by Crippen LogP contribution is 2.44. The van der Waals surface area contributed by atoms with Crippen molar-refractivity contribution in [3.05, 3.63) is 34.9 Å². The van der Waals surface area contributed by atoms with Gasteiger partial charge in [0.1, 0.15) is 0 Å². The molecular formula is C23H35N3O. The van der Waals surface area contributed by atoms with E-state index in [1.54, 1.807) is 0 Å². The van der Waals surface area contributed by atoms with Gasteiger partial charge in [0.25, 0.3) is 0 Å². The molecule has 4 heteroatoms. The molecular weight excluding hydrogens is 334 g/mol. The highest BCUT2D eigenvalue weighted by Gasteiger charge is 2.52. The van der Waals surface area contributed by atoms with E-state index in [2.05, 4.69) is 54.2 Å². The highest BCUT2D eigenvalue weighted by atomic mass is 16.2. The molecule has 1 aromatic carbocycles. The van der Waals surface area contributed by atoms with Crippen molar-refractivity contribution in [3.63, 3.8) is 0 Å². The maximum atomic E-state index is 13.5. The monoisotopic (exact) mass is 369 g/mol. The number of piperidine rings is 2. The van der Waals surface area contributed by atoms with Crippen molar-refractivity contribution in [2.45, 2.75) is 58.5 Å². The minimum Gasteiger partial charge on any atom is -0.351 e. The van der Waals surface area contributed by atoms with Gasteiger partial charge in [-0.3, -0.25) is 9.69 Å². The quantitative estimate of drug-likeness (QED) is 0.866. The zero-order valence-corrected chi connectivity index (χ0v) is 17.3. The zero-order chi connectivity index (χ0) is 19.0. The molecule has 4 rings (SSSR count). The fourth-order valence-corrected chi connectivity index (χ4v) is 5.13. The Morgan fingerprint density at radius 3 is 2.74 bits per heavy atom. The Bertz CT molecular complexity index is 699. The summed E-state index contributed by atoms with van der Waals surface area (Å²) in [6.07, 6.45) is 5.96. The Morgan fingerprint density at radius 1 is 1.19 bits per heavy atom. The van der Waals surface area contributed by atoms with E-state index < -0.39 is 0 Å². The summed E-state index contributed by atoms with van der Waals surface area (Å²) in [5.41, 5.74) is 3.62. The van der Waals surface area contributed by atoms with E-state index >= 15 is 0 Å². The maximum Gasteiger partial charge on any atom is 0.228 e. The number of benzene rings is 1. The van der Waals surface area contributed by atoms with Gasteiger partial charge in [0.15, 0.2) is 0 Å². The molecule has 2 aliphatic heterocycles. The first-order valence-corrected chi connectivity index (χ1v) is 10.7. The second kappa shape index (κ2) is 7.56. The maximum absolute atomic E-state index is 13.5. The Morgan fingerprint density at radius 2 is 2.00 bits per heavy atom. The van der Waals surface area contributed by atoms with Gasteiger partial charge in [-0.2, -0.15) is 0 Å². The molecule has 1 saturated carbocycles. The summed E-state index contributed by atoms with van der Waals surface area (Å²) in [4.78, 5) is 18.6. The molecule has 4 nitrogen and oxygen atoms in total. The molecule has 1 aromatic rings. The average molecular weight is 370 g/mol. The number of aryl methyl sites for hydroxylation is 2. The second-order valence-electron chi connectivity index (χ2n) is 9.33. The minimum atomic E-state index is -0.195. The predicted molar refractivity (Wildman–Crippen MR) is 110 cm³/mol. The standard InChI is InChI=1S/C23H35N3O/c1-17-5-6-20(13-18(17)2)14-24-22(27)23-9-4-11-26(15-19-7-8-19)21(23)16-25(3)12-10-23/h5-6,13,19,21H,4,7-12,14-16H2,1-3H3,(H,24,27)/t21-,23+/m0/s1. The van der Waals surface area contributed by atoms with Gasteiger partial charge in [0, 0.05) is 25.7 Å². The van der Waals surface area contributed by atoms with Crippen molar-refractivity contribution in [2.75, 3.05) is 33.2 Å². The van der Waals surface area contributed by atoms with E-state index in [1.165, 1.54) is 42.6 Å². The van der Waals surface area contributed by atoms with Crippen LogP contribution < -0.4 is 5.32 Å². The normalized spacial score (nSPS) is 29.4. The van der Waals surface area contributed by atoms with Gasteiger partial charge in [-0.1, -0.05) is 18.2 Å². The largest absolute Gasteiger partial charge is 0.351 e. The van der Waals surface area contributed by atoms with Crippen molar-refractivity contribution >= 4 is 5.91 Å². The van der Waals surface area contributed by atoms with Gasteiger partial charge in [0.05, 0.1) is 5.41 Å². The second-order valence-corrected chi connectivity index (χ2v) is 9.33. The number of likely N-dealkylation sites (tertiary alicyclic amines) is 2. The first-order valence-electron chi connectivity index (χ1n) is 10.7. The molecule has 0 aromatic heterocycles. The first-order chi connectivity index (χ1) is 13.0. The van der Waals surface area contributed by atoms with Crippen LogP contribution in [0.5, 0.6) is 0 Å². The van der Waals surface area contributed by atoms with Crippen molar-refractivity contribution in [1.82, 2.24) is 15.1 Å². The lowest BCUT2D eigenvalue weighted by Gasteiger charge is -2.53. The zero-order valence-electron chi connectivity index (χ0n) is 17.3. The molecule has 1 N–H and O–H groups in total. The molecule has 0 radical (unpaired) electrons. The van der Waals surface area contributed by atoms with Gasteiger partial charge >= 0.3 is 0 Å². The van der Waals surface area contributed by atoms with Crippen molar-refractivity contribution in [3.8, 4) is 0 Å². The molecule has 0 unspecified atom stereocenters. The van der Waals surface area contributed by atoms with E-state index in [1.807, 2.05) is 0 Å². The van der Waals surface area contributed by atoms with E-state index in [9.17, 15) is 4.79 Å². The Balaban J connectivity index is 1.49. The third-order valence-corrected chi connectivity index (χ3v) is 7.24. The Hall–Kier alpha value is -1.39. The van der Waals surface area contributed by atoms with E-state index in [-0.39, 0.29) is 5.41 Å². The van der Waals surface area contributed by atoms with Crippen LogP contribution in [0.3, 0.4) is 0 Å². The number of likely N-dealkylation sites (N-methyl/N-ethyl adjacent to an activating group) is 1. The number of hydrogen-bond acceptors (Lipinski definition) is 3. The van der Waals surface area contributed by atoms with Gasteiger partial charge in [-0.15, -0.1) is 0 Å². The van der Waals surface area contributed by atoms with E-state index in [0.29, 0.717) is 18.5 Å². The number of nitrogens with zero attached hydrogens (tertiary/aromatic N) is 2. The molecule has 2 heterocycles. The minimum absolute atomic E-state index is 0.195. The fraction of sp³-hybridized carbons (Fsp3) is 0.696. The average Bonchev–Trinajstić information content (AvgIpc) is 3.47. The fourth-order valence-electron chi connectivity index (χ4n) is 5.13. The first kappa shape index (κ1) is 18.9. The van der Waals surface area contributed by atoms with Crippen LogP contribution >= 0.6 is 0 Å². The van der Waals surface area contributed by atoms with Crippen LogP contribution in [0.2, 0.25) is 0 Å². The van der Waals surface area contributed by atoms with Gasteiger partial charge in [-0.05, 0) is 88.7 Å². The summed E-state index contributed by atoms with van der Waals surface area (Å²) in [7, 11) is 2.21. The molecule has 148 valence electrons.